The molecule has 5 rings (SSSR count). The van der Waals surface area contributed by atoms with Crippen LogP contribution in [0, 0.1) is 6.92 Å². The second kappa shape index (κ2) is 6.82. The summed E-state index contributed by atoms with van der Waals surface area (Å²) in [4.78, 5) is 0. The molecule has 2 heteroatoms. The number of benzene rings is 4. The van der Waals surface area contributed by atoms with Gasteiger partial charge < -0.3 is 0 Å². The van der Waals surface area contributed by atoms with Crippen LogP contribution in [0.1, 0.15) is 5.69 Å². The molecule has 0 aliphatic carbocycles. The largest absolute Gasteiger partial charge is 0.232 e. The van der Waals surface area contributed by atoms with E-state index in [4.69, 9.17) is 5.10 Å². The Labute approximate surface area is 164 Å². The number of hydrogen-bond acceptors (Lipinski definition) is 1. The lowest BCUT2D eigenvalue weighted by atomic mass is 9.97. The highest BCUT2D eigenvalue weighted by molar-refractivity contribution is 5.91. The third-order valence-electron chi connectivity index (χ3n) is 5.15. The molecule has 0 aliphatic heterocycles. The first kappa shape index (κ1) is 16.5. The highest BCUT2D eigenvalue weighted by atomic mass is 15.3. The van der Waals surface area contributed by atoms with E-state index in [0.717, 1.165) is 17.1 Å². The van der Waals surface area contributed by atoms with Crippen molar-refractivity contribution in [3.05, 3.63) is 109 Å². The predicted octanol–water partition coefficient (Wildman–Crippen LogP) is 6.67. The summed E-state index contributed by atoms with van der Waals surface area (Å²) < 4.78 is 2.07. The van der Waals surface area contributed by atoms with Crippen molar-refractivity contribution in [1.29, 1.82) is 0 Å². The van der Waals surface area contributed by atoms with Gasteiger partial charge in [-0.3, -0.25) is 0 Å². The Hall–Kier alpha value is -3.65. The standard InChI is InChI=1S/C26H20N2/c1-19-25(21-11-4-2-5-12-21)26(28(27-19)24-14-6-3-7-15-24)23-17-16-20-10-8-9-13-22(20)18-23/h2-18H,1H3. The maximum absolute atomic E-state index is 4.93. The third-order valence-corrected chi connectivity index (χ3v) is 5.15. The molecule has 28 heavy (non-hydrogen) atoms. The van der Waals surface area contributed by atoms with Gasteiger partial charge in [-0.05, 0) is 41.5 Å². The van der Waals surface area contributed by atoms with Crippen molar-refractivity contribution in [3.8, 4) is 28.1 Å². The maximum atomic E-state index is 4.93. The van der Waals surface area contributed by atoms with Crippen LogP contribution in [0.4, 0.5) is 0 Å². The van der Waals surface area contributed by atoms with Crippen LogP contribution in [0.5, 0.6) is 0 Å². The van der Waals surface area contributed by atoms with Crippen molar-refractivity contribution in [3.63, 3.8) is 0 Å². The molecule has 1 heterocycles. The van der Waals surface area contributed by atoms with Gasteiger partial charge in [-0.25, -0.2) is 4.68 Å². The van der Waals surface area contributed by atoms with Crippen molar-refractivity contribution in [2.75, 3.05) is 0 Å². The van der Waals surface area contributed by atoms with Gasteiger partial charge in [-0.15, -0.1) is 0 Å². The van der Waals surface area contributed by atoms with E-state index in [9.17, 15) is 0 Å². The lowest BCUT2D eigenvalue weighted by Crippen LogP contribution is -1.99. The van der Waals surface area contributed by atoms with Gasteiger partial charge in [-0.2, -0.15) is 5.10 Å². The fourth-order valence-electron chi connectivity index (χ4n) is 3.84. The molecule has 0 unspecified atom stereocenters. The molecule has 0 bridgehead atoms. The van der Waals surface area contributed by atoms with Gasteiger partial charge in [0.1, 0.15) is 0 Å². The summed E-state index contributed by atoms with van der Waals surface area (Å²) in [5.41, 5.74) is 6.75. The molecule has 0 radical (unpaired) electrons. The number of rotatable bonds is 3. The third kappa shape index (κ3) is 2.80. The number of hydrogen-bond donors (Lipinski definition) is 0. The van der Waals surface area contributed by atoms with Gasteiger partial charge in [0.15, 0.2) is 0 Å². The Morgan fingerprint density at radius 1 is 0.607 bits per heavy atom. The molecule has 0 atom stereocenters. The number of fused-ring (bicyclic) bond motifs is 1. The average Bonchev–Trinajstić information content (AvgIpc) is 3.12. The number of nitrogens with zero attached hydrogens (tertiary/aromatic N) is 2. The topological polar surface area (TPSA) is 17.8 Å². The fraction of sp³-hybridized carbons (Fsp3) is 0.0385. The molecule has 0 amide bonds. The van der Waals surface area contributed by atoms with E-state index >= 15 is 0 Å². The molecular formula is C26H20N2. The van der Waals surface area contributed by atoms with Crippen LogP contribution in [-0.2, 0) is 0 Å². The van der Waals surface area contributed by atoms with Crippen molar-refractivity contribution < 1.29 is 0 Å². The molecule has 0 spiro atoms. The molecule has 0 fully saturated rings. The van der Waals surface area contributed by atoms with Gasteiger partial charge >= 0.3 is 0 Å². The summed E-state index contributed by atoms with van der Waals surface area (Å²) in [6.07, 6.45) is 0. The Morgan fingerprint density at radius 3 is 2.00 bits per heavy atom. The maximum Gasteiger partial charge on any atom is 0.0822 e. The number of para-hydroxylation sites is 1. The van der Waals surface area contributed by atoms with Crippen LogP contribution in [0.2, 0.25) is 0 Å². The SMILES string of the molecule is Cc1nn(-c2ccccc2)c(-c2ccc3ccccc3c2)c1-c1ccccc1. The van der Waals surface area contributed by atoms with Crippen molar-refractivity contribution in [2.24, 2.45) is 0 Å². The first-order chi connectivity index (χ1) is 13.8. The molecule has 134 valence electrons. The molecule has 1 aromatic heterocycles. The van der Waals surface area contributed by atoms with Crippen LogP contribution in [0.25, 0.3) is 38.8 Å². The minimum absolute atomic E-state index is 1.03. The second-order valence-corrected chi connectivity index (χ2v) is 6.98. The minimum atomic E-state index is 1.03. The van der Waals surface area contributed by atoms with E-state index in [0.29, 0.717) is 0 Å². The molecule has 0 aliphatic rings. The van der Waals surface area contributed by atoms with E-state index in [2.05, 4.69) is 109 Å². The van der Waals surface area contributed by atoms with E-state index in [1.807, 2.05) is 6.07 Å². The first-order valence-electron chi connectivity index (χ1n) is 9.51. The highest BCUT2D eigenvalue weighted by Crippen LogP contribution is 2.37. The zero-order valence-corrected chi connectivity index (χ0v) is 15.7. The van der Waals surface area contributed by atoms with Gasteiger partial charge in [0.2, 0.25) is 0 Å². The summed E-state index contributed by atoms with van der Waals surface area (Å²) in [5.74, 6) is 0. The van der Waals surface area contributed by atoms with Crippen LogP contribution in [0.15, 0.2) is 103 Å². The quantitative estimate of drug-likeness (QED) is 0.351. The van der Waals surface area contributed by atoms with Crippen LogP contribution in [-0.4, -0.2) is 9.78 Å². The van der Waals surface area contributed by atoms with Gasteiger partial charge in [0.05, 0.1) is 17.1 Å². The molecular weight excluding hydrogens is 340 g/mol. The summed E-state index contributed by atoms with van der Waals surface area (Å²) >= 11 is 0. The van der Waals surface area contributed by atoms with E-state index in [-0.39, 0.29) is 0 Å². The monoisotopic (exact) mass is 360 g/mol. The minimum Gasteiger partial charge on any atom is -0.232 e. The Kier molecular flexibility index (Phi) is 4.02. The average molecular weight is 360 g/mol. The van der Waals surface area contributed by atoms with Crippen LogP contribution < -0.4 is 0 Å². The Bertz CT molecular complexity index is 1250. The lowest BCUT2D eigenvalue weighted by Gasteiger charge is -2.11. The zero-order chi connectivity index (χ0) is 18.9. The molecule has 2 nitrogen and oxygen atoms in total. The second-order valence-electron chi connectivity index (χ2n) is 6.98. The smallest absolute Gasteiger partial charge is 0.0822 e. The summed E-state index contributed by atoms with van der Waals surface area (Å²) in [5, 5.41) is 7.41. The van der Waals surface area contributed by atoms with E-state index in [1.54, 1.807) is 0 Å². The predicted molar refractivity (Wildman–Crippen MR) is 117 cm³/mol. The van der Waals surface area contributed by atoms with Gasteiger partial charge in [0.25, 0.3) is 0 Å². The van der Waals surface area contributed by atoms with E-state index < -0.39 is 0 Å². The Balaban J connectivity index is 1.83. The van der Waals surface area contributed by atoms with Gasteiger partial charge in [-0.1, -0.05) is 84.9 Å². The molecule has 0 N–H and O–H groups in total. The zero-order valence-electron chi connectivity index (χ0n) is 15.7. The summed E-state index contributed by atoms with van der Waals surface area (Å²) in [7, 11) is 0. The summed E-state index contributed by atoms with van der Waals surface area (Å²) in [6, 6.07) is 36.0. The highest BCUT2D eigenvalue weighted by Gasteiger charge is 2.19. The number of aryl methyl sites for hydroxylation is 1. The van der Waals surface area contributed by atoms with E-state index in [1.165, 1.54) is 27.5 Å². The number of aromatic nitrogens is 2. The van der Waals surface area contributed by atoms with Crippen molar-refractivity contribution >= 4 is 10.8 Å². The van der Waals surface area contributed by atoms with Crippen molar-refractivity contribution in [1.82, 2.24) is 9.78 Å². The first-order valence-corrected chi connectivity index (χ1v) is 9.51. The van der Waals surface area contributed by atoms with Crippen LogP contribution in [0.3, 0.4) is 0 Å². The normalized spacial score (nSPS) is 11.0. The molecule has 4 aromatic carbocycles. The molecule has 0 saturated carbocycles. The molecule has 5 aromatic rings. The van der Waals surface area contributed by atoms with Crippen LogP contribution >= 0.6 is 0 Å². The molecule has 0 saturated heterocycles. The fourth-order valence-corrected chi connectivity index (χ4v) is 3.84. The Morgan fingerprint density at radius 2 is 1.25 bits per heavy atom. The van der Waals surface area contributed by atoms with Gasteiger partial charge in [0, 0.05) is 11.1 Å². The van der Waals surface area contributed by atoms with Crippen molar-refractivity contribution in [2.45, 2.75) is 6.92 Å². The lowest BCUT2D eigenvalue weighted by molar-refractivity contribution is 0.869. The summed E-state index contributed by atoms with van der Waals surface area (Å²) in [6.45, 7) is 2.09.